The first-order chi connectivity index (χ1) is 7.65. The molecule has 1 rings (SSSR count). The summed E-state index contributed by atoms with van der Waals surface area (Å²) in [4.78, 5) is 13.2. The summed E-state index contributed by atoms with van der Waals surface area (Å²) in [5.74, 6) is -0.0367. The summed E-state index contributed by atoms with van der Waals surface area (Å²) < 4.78 is 0. The maximum atomic E-state index is 11.7. The lowest BCUT2D eigenvalue weighted by atomic mass is 10.3. The van der Waals surface area contributed by atoms with E-state index in [4.69, 9.17) is 5.11 Å². The highest BCUT2D eigenvalue weighted by Crippen LogP contribution is 2.04. The summed E-state index contributed by atoms with van der Waals surface area (Å²) in [7, 11) is 1.69. The van der Waals surface area contributed by atoms with Gasteiger partial charge in [-0.15, -0.1) is 0 Å². The van der Waals surface area contributed by atoms with Crippen LogP contribution in [0.2, 0.25) is 0 Å². The monoisotopic (exact) mass is 222 g/mol. The molecule has 0 saturated carbocycles. The van der Waals surface area contributed by atoms with E-state index in [0.717, 1.165) is 5.69 Å². The second-order valence-corrected chi connectivity index (χ2v) is 3.76. The van der Waals surface area contributed by atoms with E-state index in [1.807, 2.05) is 30.3 Å². The van der Waals surface area contributed by atoms with Gasteiger partial charge < -0.3 is 15.3 Å². The molecule has 0 radical (unpaired) electrons. The summed E-state index contributed by atoms with van der Waals surface area (Å²) in [5, 5.41) is 12.0. The Hall–Kier alpha value is -1.55. The number of hydrogen-bond acceptors (Lipinski definition) is 3. The number of aliphatic hydroxyl groups excluding tert-OH is 1. The van der Waals surface area contributed by atoms with Crippen molar-refractivity contribution >= 4 is 11.6 Å². The number of hydrogen-bond donors (Lipinski definition) is 2. The minimum absolute atomic E-state index is 0.0203. The van der Waals surface area contributed by atoms with Crippen LogP contribution in [0.1, 0.15) is 6.92 Å². The van der Waals surface area contributed by atoms with E-state index in [1.54, 1.807) is 14.0 Å². The zero-order valence-corrected chi connectivity index (χ0v) is 9.68. The molecule has 1 atom stereocenters. The molecule has 4 heteroatoms. The Bertz CT molecular complexity index is 327. The molecule has 1 aromatic rings. The average molecular weight is 222 g/mol. The lowest BCUT2D eigenvalue weighted by molar-refractivity contribution is -0.130. The zero-order chi connectivity index (χ0) is 12.0. The first kappa shape index (κ1) is 12.5. The van der Waals surface area contributed by atoms with E-state index in [2.05, 4.69) is 5.32 Å². The van der Waals surface area contributed by atoms with Crippen LogP contribution in [0.25, 0.3) is 0 Å². The Balaban J connectivity index is 2.41. The van der Waals surface area contributed by atoms with Crippen LogP contribution in [-0.4, -0.2) is 42.2 Å². The van der Waals surface area contributed by atoms with Crippen LogP contribution in [0, 0.1) is 0 Å². The van der Waals surface area contributed by atoms with E-state index in [0.29, 0.717) is 0 Å². The molecule has 0 fully saturated rings. The van der Waals surface area contributed by atoms with Crippen LogP contribution in [0.3, 0.4) is 0 Å². The second-order valence-electron chi connectivity index (χ2n) is 3.76. The van der Waals surface area contributed by atoms with Crippen molar-refractivity contribution in [2.24, 2.45) is 0 Å². The fourth-order valence-corrected chi connectivity index (χ4v) is 1.23. The third-order valence-electron chi connectivity index (χ3n) is 2.54. The van der Waals surface area contributed by atoms with Gasteiger partial charge in [-0.3, -0.25) is 4.79 Å². The van der Waals surface area contributed by atoms with Crippen molar-refractivity contribution in [1.82, 2.24) is 4.90 Å². The molecule has 0 aliphatic carbocycles. The molecule has 1 amide bonds. The summed E-state index contributed by atoms with van der Waals surface area (Å²) in [6, 6.07) is 9.41. The van der Waals surface area contributed by atoms with Crippen molar-refractivity contribution in [3.8, 4) is 0 Å². The van der Waals surface area contributed by atoms with Crippen molar-refractivity contribution in [3.05, 3.63) is 30.3 Å². The fourth-order valence-electron chi connectivity index (χ4n) is 1.23. The lowest BCUT2D eigenvalue weighted by Gasteiger charge is -2.23. The molecule has 0 bridgehead atoms. The number of anilines is 1. The molecule has 4 nitrogen and oxygen atoms in total. The zero-order valence-electron chi connectivity index (χ0n) is 9.68. The molecule has 16 heavy (non-hydrogen) atoms. The quantitative estimate of drug-likeness (QED) is 0.779. The highest BCUT2D eigenvalue weighted by atomic mass is 16.3. The minimum atomic E-state index is -0.148. The van der Waals surface area contributed by atoms with Crippen LogP contribution in [-0.2, 0) is 4.79 Å². The Morgan fingerprint density at radius 1 is 1.44 bits per heavy atom. The van der Waals surface area contributed by atoms with Gasteiger partial charge in [0, 0.05) is 12.7 Å². The van der Waals surface area contributed by atoms with Gasteiger partial charge in [0.1, 0.15) is 0 Å². The Morgan fingerprint density at radius 3 is 2.62 bits per heavy atom. The molecule has 0 saturated heterocycles. The number of benzene rings is 1. The summed E-state index contributed by atoms with van der Waals surface area (Å²) in [6.07, 6.45) is 0. The number of rotatable bonds is 5. The maximum Gasteiger partial charge on any atom is 0.241 e. The first-order valence-corrected chi connectivity index (χ1v) is 5.30. The maximum absolute atomic E-state index is 11.7. The van der Waals surface area contributed by atoms with Crippen LogP contribution in [0.5, 0.6) is 0 Å². The van der Waals surface area contributed by atoms with Gasteiger partial charge in [0.2, 0.25) is 5.91 Å². The number of amides is 1. The van der Waals surface area contributed by atoms with Gasteiger partial charge in [-0.1, -0.05) is 18.2 Å². The van der Waals surface area contributed by atoms with Gasteiger partial charge in [-0.05, 0) is 19.1 Å². The number of carbonyl (C=O) groups excluding carboxylic acids is 1. The molecule has 0 aliphatic rings. The van der Waals surface area contributed by atoms with E-state index in [1.165, 1.54) is 4.90 Å². The third kappa shape index (κ3) is 3.55. The highest BCUT2D eigenvalue weighted by molar-refractivity contribution is 5.80. The standard InChI is InChI=1S/C12H18N2O2/c1-10(9-15)14(2)12(16)8-13-11-6-4-3-5-7-11/h3-7,10,13,15H,8-9H2,1-2H3. The van der Waals surface area contributed by atoms with E-state index < -0.39 is 0 Å². The summed E-state index contributed by atoms with van der Waals surface area (Å²) in [5.41, 5.74) is 0.918. The summed E-state index contributed by atoms with van der Waals surface area (Å²) in [6.45, 7) is 2.03. The van der Waals surface area contributed by atoms with E-state index >= 15 is 0 Å². The van der Waals surface area contributed by atoms with Crippen LogP contribution < -0.4 is 5.32 Å². The third-order valence-corrected chi connectivity index (χ3v) is 2.54. The average Bonchev–Trinajstić information content (AvgIpc) is 2.35. The van der Waals surface area contributed by atoms with Gasteiger partial charge in [0.15, 0.2) is 0 Å². The van der Waals surface area contributed by atoms with Gasteiger partial charge in [0.05, 0.1) is 19.2 Å². The molecule has 0 heterocycles. The number of aliphatic hydroxyl groups is 1. The fraction of sp³-hybridized carbons (Fsp3) is 0.417. The Morgan fingerprint density at radius 2 is 2.06 bits per heavy atom. The molecule has 88 valence electrons. The van der Waals surface area contributed by atoms with Crippen LogP contribution in [0.15, 0.2) is 30.3 Å². The predicted octanol–water partition coefficient (Wildman–Crippen LogP) is 0.938. The lowest BCUT2D eigenvalue weighted by Crippen LogP contribution is -2.40. The second kappa shape index (κ2) is 6.12. The highest BCUT2D eigenvalue weighted by Gasteiger charge is 2.13. The van der Waals surface area contributed by atoms with Crippen molar-refractivity contribution in [1.29, 1.82) is 0 Å². The van der Waals surface area contributed by atoms with Gasteiger partial charge in [0.25, 0.3) is 0 Å². The molecular formula is C12H18N2O2. The summed E-state index contributed by atoms with van der Waals surface area (Å²) >= 11 is 0. The van der Waals surface area contributed by atoms with Gasteiger partial charge in [-0.2, -0.15) is 0 Å². The van der Waals surface area contributed by atoms with Gasteiger partial charge in [-0.25, -0.2) is 0 Å². The number of likely N-dealkylation sites (N-methyl/N-ethyl adjacent to an activating group) is 1. The number of nitrogens with one attached hydrogen (secondary N) is 1. The molecule has 2 N–H and O–H groups in total. The normalized spacial score (nSPS) is 11.9. The van der Waals surface area contributed by atoms with Crippen molar-refractivity contribution in [3.63, 3.8) is 0 Å². The smallest absolute Gasteiger partial charge is 0.241 e. The molecule has 1 unspecified atom stereocenters. The minimum Gasteiger partial charge on any atom is -0.394 e. The molecule has 1 aromatic carbocycles. The number of nitrogens with zero attached hydrogens (tertiary/aromatic N) is 1. The predicted molar refractivity (Wildman–Crippen MR) is 64.2 cm³/mol. The first-order valence-electron chi connectivity index (χ1n) is 5.30. The van der Waals surface area contributed by atoms with E-state index in [-0.39, 0.29) is 25.1 Å². The van der Waals surface area contributed by atoms with Crippen molar-refractivity contribution in [2.75, 3.05) is 25.5 Å². The van der Waals surface area contributed by atoms with Gasteiger partial charge >= 0.3 is 0 Å². The Labute approximate surface area is 95.9 Å². The van der Waals surface area contributed by atoms with Crippen LogP contribution >= 0.6 is 0 Å². The topological polar surface area (TPSA) is 52.6 Å². The van der Waals surface area contributed by atoms with Crippen molar-refractivity contribution < 1.29 is 9.90 Å². The molecule has 0 aromatic heterocycles. The number of para-hydroxylation sites is 1. The Kier molecular flexibility index (Phi) is 4.79. The molecule has 0 spiro atoms. The number of carbonyl (C=O) groups is 1. The van der Waals surface area contributed by atoms with Crippen LogP contribution in [0.4, 0.5) is 5.69 Å². The SMILES string of the molecule is CC(CO)N(C)C(=O)CNc1ccccc1. The molecule has 0 aliphatic heterocycles. The largest absolute Gasteiger partial charge is 0.394 e. The van der Waals surface area contributed by atoms with Crippen molar-refractivity contribution in [2.45, 2.75) is 13.0 Å². The van der Waals surface area contributed by atoms with E-state index in [9.17, 15) is 4.79 Å². The molecular weight excluding hydrogens is 204 g/mol.